The van der Waals surface area contributed by atoms with E-state index in [4.69, 9.17) is 14.6 Å². The minimum absolute atomic E-state index is 0.0856. The molecule has 0 saturated carbocycles. The molecule has 0 aromatic heterocycles. The van der Waals surface area contributed by atoms with E-state index in [9.17, 15) is 9.59 Å². The first kappa shape index (κ1) is 12.8. The number of ether oxygens (including phenoxy) is 2. The van der Waals surface area contributed by atoms with E-state index in [1.807, 2.05) is 0 Å². The monoisotopic (exact) mass is 256 g/mol. The number of hydrogen-bond donors (Lipinski definition) is 2. The Morgan fingerprint density at radius 2 is 2.50 bits per heavy atom. The molecule has 18 heavy (non-hydrogen) atoms. The summed E-state index contributed by atoms with van der Waals surface area (Å²) in [5.74, 6) is -0.931. The third-order valence-corrected chi connectivity index (χ3v) is 2.99. The van der Waals surface area contributed by atoms with Crippen molar-refractivity contribution in [1.82, 2.24) is 10.2 Å². The zero-order valence-electron chi connectivity index (χ0n) is 10.1. The molecule has 0 aromatic carbocycles. The van der Waals surface area contributed by atoms with Gasteiger partial charge in [-0.15, -0.1) is 0 Å². The van der Waals surface area contributed by atoms with Gasteiger partial charge in [0.15, 0.2) is 0 Å². The van der Waals surface area contributed by atoms with E-state index in [0.29, 0.717) is 13.2 Å². The molecule has 0 aromatic rings. The molecule has 2 N–H and O–H groups in total. The average molecular weight is 256 g/mol. The largest absolute Gasteiger partial charge is 0.481 e. The molecule has 2 rings (SSSR count). The summed E-state index contributed by atoms with van der Waals surface area (Å²) in [5, 5.41) is 11.4. The van der Waals surface area contributed by atoms with E-state index in [0.717, 1.165) is 5.57 Å². The molecule has 0 aliphatic carbocycles. The highest BCUT2D eigenvalue weighted by Gasteiger charge is 2.37. The molecule has 0 bridgehead atoms. The molecular weight excluding hydrogens is 240 g/mol. The molecule has 0 spiro atoms. The molecule has 7 heteroatoms. The van der Waals surface area contributed by atoms with Gasteiger partial charge in [-0.3, -0.25) is 4.79 Å². The van der Waals surface area contributed by atoms with Crippen LogP contribution in [0, 0.1) is 0 Å². The second-order valence-electron chi connectivity index (χ2n) is 4.25. The van der Waals surface area contributed by atoms with Crippen molar-refractivity contribution < 1.29 is 24.2 Å². The lowest BCUT2D eigenvalue weighted by atomic mass is 10.0. The van der Waals surface area contributed by atoms with Gasteiger partial charge in [-0.2, -0.15) is 0 Å². The van der Waals surface area contributed by atoms with Crippen molar-refractivity contribution >= 4 is 12.0 Å². The molecule has 1 saturated heterocycles. The fourth-order valence-electron chi connectivity index (χ4n) is 2.08. The van der Waals surface area contributed by atoms with Crippen molar-refractivity contribution in [2.75, 3.05) is 26.9 Å². The molecule has 2 aliphatic heterocycles. The molecule has 2 aliphatic rings. The normalized spacial score (nSPS) is 26.6. The van der Waals surface area contributed by atoms with E-state index in [1.165, 1.54) is 4.90 Å². The van der Waals surface area contributed by atoms with Crippen LogP contribution >= 0.6 is 0 Å². The van der Waals surface area contributed by atoms with E-state index in [2.05, 4.69) is 5.32 Å². The van der Waals surface area contributed by atoms with Gasteiger partial charge in [0.2, 0.25) is 0 Å². The van der Waals surface area contributed by atoms with Gasteiger partial charge < -0.3 is 24.8 Å². The fourth-order valence-corrected chi connectivity index (χ4v) is 2.08. The predicted octanol–water partition coefficient (Wildman–Crippen LogP) is -0.216. The third-order valence-electron chi connectivity index (χ3n) is 2.99. The summed E-state index contributed by atoms with van der Waals surface area (Å²) in [6.45, 7) is 1.00. The van der Waals surface area contributed by atoms with Gasteiger partial charge >= 0.3 is 12.0 Å². The molecule has 7 nitrogen and oxygen atoms in total. The van der Waals surface area contributed by atoms with Gasteiger partial charge in [-0.05, 0) is 0 Å². The van der Waals surface area contributed by atoms with Crippen LogP contribution in [0.2, 0.25) is 0 Å². The van der Waals surface area contributed by atoms with Crippen molar-refractivity contribution in [3.05, 3.63) is 11.8 Å². The number of rotatable bonds is 5. The summed E-state index contributed by atoms with van der Waals surface area (Å²) in [7, 11) is 1.58. The van der Waals surface area contributed by atoms with E-state index in [1.54, 1.807) is 13.3 Å². The molecule has 2 atom stereocenters. The molecular formula is C11H16N2O5. The first-order chi connectivity index (χ1) is 8.61. The first-order valence-corrected chi connectivity index (χ1v) is 5.73. The molecule has 100 valence electrons. The van der Waals surface area contributed by atoms with E-state index in [-0.39, 0.29) is 31.1 Å². The summed E-state index contributed by atoms with van der Waals surface area (Å²) >= 11 is 0. The quantitative estimate of drug-likeness (QED) is 0.710. The van der Waals surface area contributed by atoms with Crippen LogP contribution in [0.5, 0.6) is 0 Å². The van der Waals surface area contributed by atoms with Crippen molar-refractivity contribution in [3.8, 4) is 0 Å². The van der Waals surface area contributed by atoms with Crippen molar-refractivity contribution in [3.63, 3.8) is 0 Å². The molecule has 1 unspecified atom stereocenters. The first-order valence-electron chi connectivity index (χ1n) is 5.73. The van der Waals surface area contributed by atoms with Crippen molar-refractivity contribution in [2.24, 2.45) is 0 Å². The molecule has 0 radical (unpaired) electrons. The van der Waals surface area contributed by atoms with Crippen LogP contribution in [0.15, 0.2) is 11.8 Å². The maximum absolute atomic E-state index is 11.7. The predicted molar refractivity (Wildman–Crippen MR) is 61.0 cm³/mol. The maximum atomic E-state index is 11.7. The van der Waals surface area contributed by atoms with Crippen LogP contribution in [-0.4, -0.2) is 61.0 Å². The number of urea groups is 1. The van der Waals surface area contributed by atoms with Crippen LogP contribution in [-0.2, 0) is 14.3 Å². The van der Waals surface area contributed by atoms with E-state index >= 15 is 0 Å². The molecule has 2 amide bonds. The minimum atomic E-state index is -0.931. The Bertz CT molecular complexity index is 382. The van der Waals surface area contributed by atoms with Gasteiger partial charge in [0.25, 0.3) is 0 Å². The number of aliphatic carboxylic acids is 1. The summed E-state index contributed by atoms with van der Waals surface area (Å²) in [6.07, 6.45) is 1.42. The second kappa shape index (κ2) is 5.36. The van der Waals surface area contributed by atoms with Crippen LogP contribution in [0.1, 0.15) is 6.42 Å². The standard InChI is InChI=1S/C11H16N2O5/c1-17-6-9-7-4-13(3-2-10(14)15)11(16)12-8(7)5-18-9/h4,8-9H,2-3,5-6H2,1H3,(H,12,16)(H,14,15)/t8-,9?/m1/s1. The Morgan fingerprint density at radius 1 is 1.72 bits per heavy atom. The number of hydrogen-bond acceptors (Lipinski definition) is 4. The highest BCUT2D eigenvalue weighted by molar-refractivity contribution is 5.78. The number of nitrogens with one attached hydrogen (secondary N) is 1. The number of amides is 2. The Morgan fingerprint density at radius 3 is 3.17 bits per heavy atom. The Labute approximate surface area is 104 Å². The van der Waals surface area contributed by atoms with Crippen LogP contribution in [0.4, 0.5) is 4.79 Å². The van der Waals surface area contributed by atoms with Gasteiger partial charge in [0.05, 0.1) is 25.7 Å². The average Bonchev–Trinajstić information content (AvgIpc) is 2.69. The number of methoxy groups -OCH3 is 1. The second-order valence-corrected chi connectivity index (χ2v) is 4.25. The third kappa shape index (κ3) is 2.62. The Balaban J connectivity index is 2.07. The van der Waals surface area contributed by atoms with Crippen LogP contribution in [0.25, 0.3) is 0 Å². The lowest BCUT2D eigenvalue weighted by Crippen LogP contribution is -2.49. The molecule has 1 fully saturated rings. The van der Waals surface area contributed by atoms with Crippen LogP contribution < -0.4 is 5.32 Å². The zero-order valence-corrected chi connectivity index (χ0v) is 10.1. The summed E-state index contributed by atoms with van der Waals surface area (Å²) in [6, 6.07) is -0.412. The summed E-state index contributed by atoms with van der Waals surface area (Å²) < 4.78 is 10.6. The highest BCUT2D eigenvalue weighted by Crippen LogP contribution is 2.24. The fraction of sp³-hybridized carbons (Fsp3) is 0.636. The summed E-state index contributed by atoms with van der Waals surface area (Å²) in [5.41, 5.74) is 0.932. The van der Waals surface area contributed by atoms with Crippen LogP contribution in [0.3, 0.4) is 0 Å². The molecule has 2 heterocycles. The maximum Gasteiger partial charge on any atom is 0.321 e. The number of fused-ring (bicyclic) bond motifs is 1. The topological polar surface area (TPSA) is 88.1 Å². The van der Waals surface area contributed by atoms with Crippen molar-refractivity contribution in [2.45, 2.75) is 18.6 Å². The Kier molecular flexibility index (Phi) is 3.83. The van der Waals surface area contributed by atoms with Gasteiger partial charge in [-0.1, -0.05) is 0 Å². The van der Waals surface area contributed by atoms with Crippen molar-refractivity contribution in [1.29, 1.82) is 0 Å². The van der Waals surface area contributed by atoms with E-state index < -0.39 is 5.97 Å². The zero-order chi connectivity index (χ0) is 13.1. The smallest absolute Gasteiger partial charge is 0.321 e. The number of carboxylic acids is 1. The van der Waals surface area contributed by atoms with Gasteiger partial charge in [0.1, 0.15) is 6.10 Å². The number of nitrogens with zero attached hydrogens (tertiary/aromatic N) is 1. The lowest BCUT2D eigenvalue weighted by molar-refractivity contribution is -0.137. The minimum Gasteiger partial charge on any atom is -0.481 e. The number of carbonyl (C=O) groups is 2. The summed E-state index contributed by atoms with van der Waals surface area (Å²) in [4.78, 5) is 23.6. The van der Waals surface area contributed by atoms with Gasteiger partial charge in [0, 0.05) is 25.4 Å². The lowest BCUT2D eigenvalue weighted by Gasteiger charge is -2.28. The highest BCUT2D eigenvalue weighted by atomic mass is 16.5. The number of carbonyl (C=O) groups excluding carboxylic acids is 1. The Hall–Kier alpha value is -1.60. The van der Waals surface area contributed by atoms with Gasteiger partial charge in [-0.25, -0.2) is 4.79 Å². The SMILES string of the molecule is COCC1OC[C@H]2NC(=O)N(CCC(=O)O)C=C12. The number of carboxylic acid groups (broad SMARTS) is 1.